The second-order valence-electron chi connectivity index (χ2n) is 12.0. The number of hydrogen-bond donors (Lipinski definition) is 1. The van der Waals surface area contributed by atoms with Crippen LogP contribution >= 0.6 is 0 Å². The van der Waals surface area contributed by atoms with Crippen LogP contribution in [0.5, 0.6) is 0 Å². The minimum Gasteiger partial charge on any atom is -0.393 e. The average molecular weight is 430 g/mol. The molecule has 0 aromatic heterocycles. The molecule has 2 heteroatoms. The normalized spacial score (nSPS) is 42.7. The van der Waals surface area contributed by atoms with E-state index in [4.69, 9.17) is 4.99 Å². The van der Waals surface area contributed by atoms with Gasteiger partial charge in [-0.1, -0.05) is 55.3 Å². The van der Waals surface area contributed by atoms with Crippen LogP contribution in [0.25, 0.3) is 0 Å². The van der Waals surface area contributed by atoms with Gasteiger partial charge in [0.15, 0.2) is 0 Å². The van der Waals surface area contributed by atoms with Crippen molar-refractivity contribution in [3.63, 3.8) is 0 Å². The first-order valence-electron chi connectivity index (χ1n) is 13.2. The molecule has 6 rings (SSSR count). The van der Waals surface area contributed by atoms with Gasteiger partial charge in [0.25, 0.3) is 0 Å². The van der Waals surface area contributed by atoms with Crippen LogP contribution in [0.1, 0.15) is 77.2 Å². The number of hydrogen-bond acceptors (Lipinski definition) is 2. The molecule has 4 aliphatic carbocycles. The second-order valence-corrected chi connectivity index (χ2v) is 12.0. The van der Waals surface area contributed by atoms with Gasteiger partial charge in [0.2, 0.25) is 0 Å². The summed E-state index contributed by atoms with van der Waals surface area (Å²) >= 11 is 0. The fraction of sp³-hybridized carbons (Fsp3) is 0.633. The van der Waals surface area contributed by atoms with E-state index in [0.29, 0.717) is 16.7 Å². The Kier molecular flexibility index (Phi) is 5.02. The molecule has 0 spiro atoms. The number of benzene rings is 1. The van der Waals surface area contributed by atoms with Gasteiger partial charge in [0.05, 0.1) is 11.8 Å². The molecule has 32 heavy (non-hydrogen) atoms. The van der Waals surface area contributed by atoms with Gasteiger partial charge in [-0.25, -0.2) is 0 Å². The highest BCUT2D eigenvalue weighted by atomic mass is 16.3. The zero-order valence-electron chi connectivity index (χ0n) is 19.9. The minimum atomic E-state index is -0.105. The lowest BCUT2D eigenvalue weighted by Gasteiger charge is -2.57. The summed E-state index contributed by atoms with van der Waals surface area (Å²) in [4.78, 5) is 4.88. The van der Waals surface area contributed by atoms with Crippen LogP contribution < -0.4 is 0 Å². The van der Waals surface area contributed by atoms with E-state index in [1.807, 2.05) is 0 Å². The van der Waals surface area contributed by atoms with Crippen molar-refractivity contribution in [2.75, 3.05) is 0 Å². The number of allylic oxidation sites excluding steroid dienone is 3. The third-order valence-electron chi connectivity index (χ3n) is 10.5. The Bertz CT molecular complexity index is 988. The summed E-state index contributed by atoms with van der Waals surface area (Å²) in [7, 11) is 0. The van der Waals surface area contributed by atoms with E-state index in [-0.39, 0.29) is 6.10 Å². The standard InChI is InChI=1S/C30H39NO/c1-29-15-13-24(32)18-23(29)9-11-25-26-12-10-22(30(26,2)16-14-27(25)29)17-20-7-8-21-5-3-4-6-28(21)31-19-20/h3-6,9-10,19-20,24-27,32H,7-8,11-18H2,1-2H3/t20?,24-,25?,26?,27?,29-,30+/m0/s1. The summed E-state index contributed by atoms with van der Waals surface area (Å²) < 4.78 is 0. The maximum Gasteiger partial charge on any atom is 0.0657 e. The van der Waals surface area contributed by atoms with Crippen LogP contribution in [-0.4, -0.2) is 17.4 Å². The number of nitrogens with zero attached hydrogens (tertiary/aromatic N) is 1. The lowest BCUT2D eigenvalue weighted by atomic mass is 9.47. The van der Waals surface area contributed by atoms with E-state index >= 15 is 0 Å². The van der Waals surface area contributed by atoms with Gasteiger partial charge < -0.3 is 5.11 Å². The molecule has 0 radical (unpaired) electrons. The topological polar surface area (TPSA) is 32.6 Å². The van der Waals surface area contributed by atoms with Crippen molar-refractivity contribution in [2.24, 2.45) is 39.5 Å². The molecule has 0 saturated heterocycles. The lowest BCUT2D eigenvalue weighted by molar-refractivity contribution is -0.0303. The van der Waals surface area contributed by atoms with Crippen molar-refractivity contribution in [3.05, 3.63) is 53.1 Å². The van der Waals surface area contributed by atoms with Crippen LogP contribution in [-0.2, 0) is 6.42 Å². The highest BCUT2D eigenvalue weighted by Gasteiger charge is 2.56. The van der Waals surface area contributed by atoms with E-state index in [9.17, 15) is 5.11 Å². The molecule has 0 amide bonds. The zero-order valence-corrected chi connectivity index (χ0v) is 19.9. The van der Waals surface area contributed by atoms with Gasteiger partial charge in [0, 0.05) is 6.21 Å². The third kappa shape index (κ3) is 3.20. The minimum absolute atomic E-state index is 0.105. The van der Waals surface area contributed by atoms with Crippen LogP contribution in [0.3, 0.4) is 0 Å². The monoisotopic (exact) mass is 429 g/mol. The highest BCUT2D eigenvalue weighted by Crippen LogP contribution is 2.65. The van der Waals surface area contributed by atoms with Crippen molar-refractivity contribution in [1.82, 2.24) is 0 Å². The summed E-state index contributed by atoms with van der Waals surface area (Å²) in [5, 5.41) is 10.3. The summed E-state index contributed by atoms with van der Waals surface area (Å²) in [5.74, 6) is 3.00. The van der Waals surface area contributed by atoms with E-state index in [1.165, 1.54) is 56.2 Å². The third-order valence-corrected chi connectivity index (χ3v) is 10.5. The van der Waals surface area contributed by atoms with Crippen molar-refractivity contribution < 1.29 is 5.11 Å². The van der Waals surface area contributed by atoms with Crippen molar-refractivity contribution >= 4 is 11.9 Å². The van der Waals surface area contributed by atoms with Gasteiger partial charge in [-0.2, -0.15) is 0 Å². The smallest absolute Gasteiger partial charge is 0.0657 e. The first-order chi connectivity index (χ1) is 15.5. The molecule has 2 saturated carbocycles. The molecule has 4 unspecified atom stereocenters. The largest absolute Gasteiger partial charge is 0.393 e. The molecule has 1 aromatic carbocycles. The van der Waals surface area contributed by atoms with E-state index in [0.717, 1.165) is 37.0 Å². The summed E-state index contributed by atoms with van der Waals surface area (Å²) in [6, 6.07) is 8.67. The number of aliphatic imine (C=N–C) groups is 1. The maximum atomic E-state index is 10.3. The molecule has 2 nitrogen and oxygen atoms in total. The molecule has 2 fully saturated rings. The molecule has 1 N–H and O–H groups in total. The van der Waals surface area contributed by atoms with Crippen LogP contribution in [0, 0.1) is 34.5 Å². The molecule has 7 atom stereocenters. The molecular formula is C30H39NO. The molecule has 1 aromatic rings. The Morgan fingerprint density at radius 3 is 2.72 bits per heavy atom. The van der Waals surface area contributed by atoms with Gasteiger partial charge in [-0.15, -0.1) is 0 Å². The van der Waals surface area contributed by atoms with E-state index in [1.54, 1.807) is 11.1 Å². The van der Waals surface area contributed by atoms with E-state index in [2.05, 4.69) is 56.5 Å². The number of rotatable bonds is 2. The van der Waals surface area contributed by atoms with Gasteiger partial charge in [0.1, 0.15) is 0 Å². The Labute approximate surface area is 193 Å². The van der Waals surface area contributed by atoms with Crippen molar-refractivity contribution in [3.8, 4) is 0 Å². The van der Waals surface area contributed by atoms with Crippen molar-refractivity contribution in [2.45, 2.75) is 84.2 Å². The Balaban J connectivity index is 1.20. The van der Waals surface area contributed by atoms with Crippen LogP contribution in [0.2, 0.25) is 0 Å². The first kappa shape index (κ1) is 20.9. The molecule has 1 heterocycles. The Morgan fingerprint density at radius 1 is 0.969 bits per heavy atom. The molecule has 0 bridgehead atoms. The highest BCUT2D eigenvalue weighted by molar-refractivity contribution is 5.69. The SMILES string of the molecule is C[C@]12CC[C@H](O)CC1=CCC1C2CC[C@]2(C)C(CC3C=Nc4ccccc4CC3)=CCC12. The number of aliphatic hydroxyl groups excluding tert-OH is 1. The van der Waals surface area contributed by atoms with Crippen LogP contribution in [0.15, 0.2) is 52.6 Å². The summed E-state index contributed by atoms with van der Waals surface area (Å²) in [6.45, 7) is 5.13. The fourth-order valence-corrected chi connectivity index (χ4v) is 8.50. The molecular weight excluding hydrogens is 390 g/mol. The predicted molar refractivity (Wildman–Crippen MR) is 132 cm³/mol. The maximum absolute atomic E-state index is 10.3. The molecule has 1 aliphatic heterocycles. The lowest BCUT2D eigenvalue weighted by Crippen LogP contribution is -2.50. The fourth-order valence-electron chi connectivity index (χ4n) is 8.50. The first-order valence-corrected chi connectivity index (χ1v) is 13.2. The van der Waals surface area contributed by atoms with Gasteiger partial charge in [-0.3, -0.25) is 4.99 Å². The Hall–Kier alpha value is -1.67. The number of aryl methyl sites for hydroxylation is 1. The number of fused-ring (bicyclic) bond motifs is 6. The average Bonchev–Trinajstić information content (AvgIpc) is 2.98. The van der Waals surface area contributed by atoms with Gasteiger partial charge in [-0.05, 0) is 110 Å². The second kappa shape index (κ2) is 7.69. The van der Waals surface area contributed by atoms with E-state index < -0.39 is 0 Å². The van der Waals surface area contributed by atoms with Gasteiger partial charge >= 0.3 is 0 Å². The molecule has 5 aliphatic rings. The zero-order chi connectivity index (χ0) is 21.9. The van der Waals surface area contributed by atoms with Crippen molar-refractivity contribution in [1.29, 1.82) is 0 Å². The quantitative estimate of drug-likeness (QED) is 0.495. The Morgan fingerprint density at radius 2 is 1.81 bits per heavy atom. The van der Waals surface area contributed by atoms with Crippen LogP contribution in [0.4, 0.5) is 5.69 Å². The predicted octanol–water partition coefficient (Wildman–Crippen LogP) is 7.20. The number of para-hydroxylation sites is 1. The summed E-state index contributed by atoms with van der Waals surface area (Å²) in [5.41, 5.74) is 6.63. The summed E-state index contributed by atoms with van der Waals surface area (Å²) in [6.07, 6.45) is 19.3. The molecule has 170 valence electrons. The number of aliphatic hydroxyl groups is 1.